The number of nitrogens with one attached hydrogen (secondary N) is 1. The number of esters is 1. The van der Waals surface area contributed by atoms with Crippen LogP contribution in [0.25, 0.3) is 21.8 Å². The van der Waals surface area contributed by atoms with Crippen LogP contribution in [0.1, 0.15) is 16.1 Å². The lowest BCUT2D eigenvalue weighted by Gasteiger charge is -2.07. The van der Waals surface area contributed by atoms with Gasteiger partial charge in [0, 0.05) is 21.9 Å². The third kappa shape index (κ3) is 4.68. The third-order valence-electron chi connectivity index (χ3n) is 3.64. The molecule has 4 nitrogen and oxygen atoms in total. The number of carbonyl (C=O) groups excluding carboxylic acids is 1. The zero-order valence-electron chi connectivity index (χ0n) is 15.0. The molecule has 0 radical (unpaired) electrons. The summed E-state index contributed by atoms with van der Waals surface area (Å²) in [6.07, 6.45) is -3.17. The topological polar surface area (TPSA) is 55.0 Å². The Bertz CT molecular complexity index is 1090. The van der Waals surface area contributed by atoms with E-state index >= 15 is 0 Å². The molecule has 3 aromatic rings. The lowest BCUT2D eigenvalue weighted by atomic mass is 10.1. The molecule has 0 atom stereocenters. The minimum Gasteiger partial charge on any atom is -0.451 e. The molecule has 27 heavy (non-hydrogen) atoms. The van der Waals surface area contributed by atoms with Crippen molar-refractivity contribution in [3.8, 4) is 11.5 Å². The van der Waals surface area contributed by atoms with Crippen molar-refractivity contribution in [1.29, 1.82) is 0 Å². The Morgan fingerprint density at radius 2 is 1.89 bits per heavy atom. The number of aromatic amines is 1. The van der Waals surface area contributed by atoms with Gasteiger partial charge in [0.1, 0.15) is 13.8 Å². The molecule has 0 aliphatic carbocycles. The minimum absolute atomic E-state index is 0.175. The summed E-state index contributed by atoms with van der Waals surface area (Å²) in [6, 6.07) is 7.11. The van der Waals surface area contributed by atoms with E-state index in [9.17, 15) is 18.0 Å². The van der Waals surface area contributed by atoms with Crippen LogP contribution < -0.4 is 0 Å². The Morgan fingerprint density at radius 3 is 2.56 bits per heavy atom. The maximum atomic E-state index is 12.2. The maximum absolute atomic E-state index is 12.2. The molecule has 0 fully saturated rings. The van der Waals surface area contributed by atoms with E-state index in [4.69, 9.17) is 0 Å². The molecule has 1 aromatic carbocycles. The first-order valence-corrected chi connectivity index (χ1v) is 11.7. The second-order valence-corrected chi connectivity index (χ2v) is 11.9. The van der Waals surface area contributed by atoms with Crippen molar-refractivity contribution in [1.82, 2.24) is 9.97 Å². The van der Waals surface area contributed by atoms with Crippen molar-refractivity contribution in [2.45, 2.75) is 25.8 Å². The first-order valence-electron chi connectivity index (χ1n) is 8.20. The molecular formula is C19H17F3N2O2Si. The van der Waals surface area contributed by atoms with E-state index < -0.39 is 26.8 Å². The van der Waals surface area contributed by atoms with Crippen LogP contribution in [-0.4, -0.2) is 36.8 Å². The van der Waals surface area contributed by atoms with Crippen molar-refractivity contribution >= 4 is 35.8 Å². The molecule has 0 saturated carbocycles. The number of nitrogens with zero attached hydrogens (tertiary/aromatic N) is 1. The quantitative estimate of drug-likeness (QED) is 0.393. The summed E-state index contributed by atoms with van der Waals surface area (Å²) in [5.74, 6) is 2.06. The molecule has 1 N–H and O–H groups in total. The minimum atomic E-state index is -4.58. The van der Waals surface area contributed by atoms with E-state index in [1.807, 2.05) is 18.2 Å². The van der Waals surface area contributed by atoms with E-state index in [0.717, 1.165) is 16.5 Å². The Labute approximate surface area is 154 Å². The molecule has 0 aliphatic heterocycles. The number of benzene rings is 1. The SMILES string of the molecule is C[Si](C)(C)C#Cc1ccc2[nH]c3cnc(C(=O)OCC(F)(F)F)cc3c2c1. The van der Waals surface area contributed by atoms with Crippen LogP contribution >= 0.6 is 0 Å². The number of ether oxygens (including phenoxy) is 1. The normalized spacial score (nSPS) is 12.1. The highest BCUT2D eigenvalue weighted by Crippen LogP contribution is 2.26. The summed E-state index contributed by atoms with van der Waals surface area (Å²) in [6.45, 7) is 4.80. The van der Waals surface area contributed by atoms with Gasteiger partial charge in [0.2, 0.25) is 0 Å². The first-order chi connectivity index (χ1) is 12.5. The van der Waals surface area contributed by atoms with Crippen LogP contribution in [-0.2, 0) is 4.74 Å². The van der Waals surface area contributed by atoms with Crippen LogP contribution in [0.3, 0.4) is 0 Å². The van der Waals surface area contributed by atoms with Crippen LogP contribution in [0.5, 0.6) is 0 Å². The van der Waals surface area contributed by atoms with Crippen molar-refractivity contribution < 1.29 is 22.7 Å². The highest BCUT2D eigenvalue weighted by Gasteiger charge is 2.30. The van der Waals surface area contributed by atoms with Crippen LogP contribution in [0.4, 0.5) is 13.2 Å². The number of hydrogen-bond donors (Lipinski definition) is 1. The lowest BCUT2D eigenvalue weighted by Crippen LogP contribution is -2.20. The zero-order valence-corrected chi connectivity index (χ0v) is 16.0. The van der Waals surface area contributed by atoms with Crippen LogP contribution in [0.15, 0.2) is 30.5 Å². The second kappa shape index (κ2) is 6.74. The van der Waals surface area contributed by atoms with E-state index in [1.54, 1.807) is 0 Å². The Balaban J connectivity index is 2.00. The molecule has 2 aromatic heterocycles. The van der Waals surface area contributed by atoms with Gasteiger partial charge in [-0.05, 0) is 24.3 Å². The number of alkyl halides is 3. The largest absolute Gasteiger partial charge is 0.451 e. The zero-order chi connectivity index (χ0) is 19.8. The molecule has 3 rings (SSSR count). The fourth-order valence-corrected chi connectivity index (χ4v) is 2.99. The third-order valence-corrected chi connectivity index (χ3v) is 4.52. The van der Waals surface area contributed by atoms with Crippen molar-refractivity contribution in [2.24, 2.45) is 0 Å². The van der Waals surface area contributed by atoms with E-state index in [1.165, 1.54) is 12.3 Å². The predicted molar refractivity (Wildman–Crippen MR) is 100 cm³/mol. The van der Waals surface area contributed by atoms with E-state index in [0.29, 0.717) is 10.9 Å². The fourth-order valence-electron chi connectivity index (χ4n) is 2.47. The highest BCUT2D eigenvalue weighted by molar-refractivity contribution is 6.83. The smallest absolute Gasteiger partial charge is 0.422 e. The average molecular weight is 390 g/mol. The number of halogens is 3. The molecule has 2 heterocycles. The lowest BCUT2D eigenvalue weighted by molar-refractivity contribution is -0.161. The Hall–Kier alpha value is -2.79. The number of aromatic nitrogens is 2. The molecular weight excluding hydrogens is 373 g/mol. The summed E-state index contributed by atoms with van der Waals surface area (Å²) < 4.78 is 41.0. The Morgan fingerprint density at radius 1 is 1.19 bits per heavy atom. The monoisotopic (exact) mass is 390 g/mol. The molecule has 0 saturated heterocycles. The van der Waals surface area contributed by atoms with Crippen molar-refractivity contribution in [3.63, 3.8) is 0 Å². The van der Waals surface area contributed by atoms with Gasteiger partial charge in [0.25, 0.3) is 0 Å². The van der Waals surface area contributed by atoms with Gasteiger partial charge in [0.05, 0.1) is 11.7 Å². The highest BCUT2D eigenvalue weighted by atomic mass is 28.3. The molecule has 0 unspecified atom stereocenters. The van der Waals surface area contributed by atoms with E-state index in [2.05, 4.69) is 45.8 Å². The van der Waals surface area contributed by atoms with Gasteiger partial charge < -0.3 is 9.72 Å². The van der Waals surface area contributed by atoms with Gasteiger partial charge >= 0.3 is 12.1 Å². The summed E-state index contributed by atoms with van der Waals surface area (Å²) in [5.41, 5.74) is 5.45. The van der Waals surface area contributed by atoms with Gasteiger partial charge in [-0.3, -0.25) is 0 Å². The Kier molecular flexibility index (Phi) is 4.74. The summed E-state index contributed by atoms with van der Waals surface area (Å²) >= 11 is 0. The van der Waals surface area contributed by atoms with Crippen LogP contribution in [0.2, 0.25) is 19.6 Å². The maximum Gasteiger partial charge on any atom is 0.422 e. The van der Waals surface area contributed by atoms with Gasteiger partial charge in [-0.15, -0.1) is 5.54 Å². The van der Waals surface area contributed by atoms with Gasteiger partial charge in [-0.25, -0.2) is 9.78 Å². The summed E-state index contributed by atoms with van der Waals surface area (Å²) in [4.78, 5) is 18.9. The summed E-state index contributed by atoms with van der Waals surface area (Å²) in [5, 5.41) is 1.50. The van der Waals surface area contributed by atoms with Gasteiger partial charge in [0.15, 0.2) is 6.61 Å². The number of pyridine rings is 1. The van der Waals surface area contributed by atoms with Gasteiger partial charge in [-0.2, -0.15) is 13.2 Å². The summed E-state index contributed by atoms with van der Waals surface area (Å²) in [7, 11) is -1.53. The standard InChI is InChI=1S/C19H17F3N2O2Si/c1-27(2,3)7-6-12-4-5-15-13(8-12)14-9-16(23-10-17(14)24-15)18(25)26-11-19(20,21)22/h4-5,8-10,24H,11H2,1-3H3. The van der Waals surface area contributed by atoms with Gasteiger partial charge in [-0.1, -0.05) is 25.6 Å². The molecule has 140 valence electrons. The first kappa shape index (κ1) is 19.0. The average Bonchev–Trinajstić information content (AvgIpc) is 2.93. The molecule has 8 heteroatoms. The van der Waals surface area contributed by atoms with Crippen molar-refractivity contribution in [3.05, 3.63) is 41.7 Å². The number of hydrogen-bond acceptors (Lipinski definition) is 3. The predicted octanol–water partition coefficient (Wildman–Crippen LogP) is 4.66. The molecule has 0 amide bonds. The molecule has 0 bridgehead atoms. The number of fused-ring (bicyclic) bond motifs is 3. The number of rotatable bonds is 2. The van der Waals surface area contributed by atoms with Crippen LogP contribution in [0, 0.1) is 11.5 Å². The van der Waals surface area contributed by atoms with Crippen molar-refractivity contribution in [2.75, 3.05) is 6.61 Å². The number of H-pyrrole nitrogens is 1. The molecule has 0 spiro atoms. The molecule has 0 aliphatic rings. The van der Waals surface area contributed by atoms with E-state index in [-0.39, 0.29) is 5.69 Å². The fraction of sp³-hybridized carbons (Fsp3) is 0.263. The number of carbonyl (C=O) groups is 1. The second-order valence-electron chi connectivity index (χ2n) is 7.19.